The molecule has 31 heavy (non-hydrogen) atoms. The van der Waals surface area contributed by atoms with E-state index < -0.39 is 0 Å². The normalized spacial score (nSPS) is 20.5. The van der Waals surface area contributed by atoms with E-state index in [4.69, 9.17) is 4.98 Å². The highest BCUT2D eigenvalue weighted by atomic mass is 15.3. The molecule has 7 nitrogen and oxygen atoms in total. The van der Waals surface area contributed by atoms with E-state index in [0.717, 1.165) is 53.8 Å². The van der Waals surface area contributed by atoms with Crippen LogP contribution in [-0.4, -0.2) is 44.4 Å². The van der Waals surface area contributed by atoms with E-state index in [0.29, 0.717) is 18.0 Å². The maximum atomic E-state index is 4.87. The van der Waals surface area contributed by atoms with Crippen LogP contribution >= 0.6 is 0 Å². The summed E-state index contributed by atoms with van der Waals surface area (Å²) in [6.07, 6.45) is 10.5. The first kappa shape index (κ1) is 21.4. The van der Waals surface area contributed by atoms with Crippen LogP contribution in [0.15, 0.2) is 35.6 Å². The lowest BCUT2D eigenvalue weighted by Gasteiger charge is -2.28. The zero-order chi connectivity index (χ0) is 21.8. The second-order valence-electron chi connectivity index (χ2n) is 8.13. The van der Waals surface area contributed by atoms with E-state index in [1.807, 2.05) is 43.9 Å². The summed E-state index contributed by atoms with van der Waals surface area (Å²) in [5, 5.41) is 11.6. The Hall–Kier alpha value is -2.80. The van der Waals surface area contributed by atoms with E-state index in [2.05, 4.69) is 44.8 Å². The molecule has 0 amide bonds. The molecule has 0 atom stereocenters. The van der Waals surface area contributed by atoms with E-state index in [1.165, 1.54) is 18.6 Å². The summed E-state index contributed by atoms with van der Waals surface area (Å²) in [6.45, 7) is 6.08. The number of anilines is 1. The standard InChI is InChI=1S/C22H27N7.C2H6.2H2/c1-14-3-8-20-19(25-14)10-9-18(27-20)17-11-12-29-21(17)13-24-22(28-29)26-16-6-4-15(23-2)5-7-16;1-2;;/h9-13,15-16,23H,3-8H2,1-2H3,(H,26,28);1-2H3;2*1H. The second kappa shape index (κ2) is 9.56. The number of aromatic nitrogens is 4. The Kier molecular flexibility index (Phi) is 6.61. The molecule has 3 aromatic heterocycles. The Morgan fingerprint density at radius 2 is 1.81 bits per heavy atom. The molecule has 0 spiro atoms. The highest BCUT2D eigenvalue weighted by Gasteiger charge is 2.21. The van der Waals surface area contributed by atoms with Crippen molar-refractivity contribution in [3.8, 4) is 11.3 Å². The maximum Gasteiger partial charge on any atom is 0.241 e. The van der Waals surface area contributed by atoms with Gasteiger partial charge < -0.3 is 10.6 Å². The van der Waals surface area contributed by atoms with Crippen molar-refractivity contribution in [1.82, 2.24) is 24.9 Å². The molecular weight excluding hydrogens is 386 g/mol. The molecule has 3 aromatic rings. The SMILES string of the molecule is CC.CNC1CCC(Nc2ncc3c(-c4ccc5c(n4)CCC(C)=N5)ccn3n2)CC1.[HH].[HH]. The summed E-state index contributed by atoms with van der Waals surface area (Å²) in [5.41, 5.74) is 6.23. The first-order chi connectivity index (χ1) is 15.2. The molecule has 0 aromatic carbocycles. The first-order valence-electron chi connectivity index (χ1n) is 11.5. The molecule has 0 unspecified atom stereocenters. The smallest absolute Gasteiger partial charge is 0.241 e. The van der Waals surface area contributed by atoms with Crippen molar-refractivity contribution in [3.63, 3.8) is 0 Å². The molecule has 0 radical (unpaired) electrons. The number of rotatable bonds is 4. The summed E-state index contributed by atoms with van der Waals surface area (Å²) in [5.74, 6) is 0.691. The van der Waals surface area contributed by atoms with Gasteiger partial charge in [-0.15, -0.1) is 5.10 Å². The predicted molar refractivity (Wildman–Crippen MR) is 132 cm³/mol. The van der Waals surface area contributed by atoms with Gasteiger partial charge in [-0.25, -0.2) is 9.50 Å². The first-order valence-corrected chi connectivity index (χ1v) is 11.5. The number of hydrogen-bond donors (Lipinski definition) is 2. The number of fused-ring (bicyclic) bond motifs is 2. The van der Waals surface area contributed by atoms with Gasteiger partial charge in [-0.05, 0) is 70.7 Å². The third-order valence-corrected chi connectivity index (χ3v) is 6.15. The fraction of sp³-hybridized carbons (Fsp3) is 0.500. The minimum Gasteiger partial charge on any atom is -0.350 e. The van der Waals surface area contributed by atoms with E-state index in [1.54, 1.807) is 0 Å². The Morgan fingerprint density at radius 1 is 1.03 bits per heavy atom. The molecule has 2 aliphatic rings. The Labute approximate surface area is 187 Å². The van der Waals surface area contributed by atoms with Gasteiger partial charge in [0.25, 0.3) is 0 Å². The van der Waals surface area contributed by atoms with Gasteiger partial charge in [-0.3, -0.25) is 9.98 Å². The lowest BCUT2D eigenvalue weighted by atomic mass is 9.91. The summed E-state index contributed by atoms with van der Waals surface area (Å²) in [7, 11) is 2.05. The number of hydrogen-bond acceptors (Lipinski definition) is 6. The number of nitrogens with zero attached hydrogens (tertiary/aromatic N) is 5. The molecule has 7 heteroatoms. The van der Waals surface area contributed by atoms with Gasteiger partial charge in [0.05, 0.1) is 28.8 Å². The predicted octanol–water partition coefficient (Wildman–Crippen LogP) is 5.29. The molecule has 1 aliphatic carbocycles. The fourth-order valence-electron chi connectivity index (χ4n) is 4.38. The van der Waals surface area contributed by atoms with Crippen molar-refractivity contribution in [2.45, 2.75) is 71.4 Å². The summed E-state index contributed by atoms with van der Waals surface area (Å²) in [4.78, 5) is 14.1. The van der Waals surface area contributed by atoms with Crippen LogP contribution in [-0.2, 0) is 6.42 Å². The quantitative estimate of drug-likeness (QED) is 0.596. The third-order valence-electron chi connectivity index (χ3n) is 6.15. The molecule has 4 heterocycles. The average molecular weight is 424 g/mol. The molecule has 2 N–H and O–H groups in total. The van der Waals surface area contributed by atoms with Gasteiger partial charge in [0, 0.05) is 32.4 Å². The van der Waals surface area contributed by atoms with Crippen LogP contribution in [0.3, 0.4) is 0 Å². The molecule has 1 fully saturated rings. The zero-order valence-electron chi connectivity index (χ0n) is 19.0. The van der Waals surface area contributed by atoms with Crippen LogP contribution < -0.4 is 10.6 Å². The molecule has 1 aliphatic heterocycles. The van der Waals surface area contributed by atoms with Gasteiger partial charge in [0.2, 0.25) is 5.95 Å². The zero-order valence-corrected chi connectivity index (χ0v) is 19.0. The van der Waals surface area contributed by atoms with Crippen LogP contribution in [0, 0.1) is 0 Å². The Balaban J connectivity index is 0.000000939. The number of nitrogens with one attached hydrogen (secondary N) is 2. The van der Waals surface area contributed by atoms with E-state index in [-0.39, 0.29) is 2.85 Å². The molecule has 0 saturated heterocycles. The lowest BCUT2D eigenvalue weighted by Crippen LogP contribution is -2.35. The van der Waals surface area contributed by atoms with Gasteiger partial charge in [-0.1, -0.05) is 13.8 Å². The highest BCUT2D eigenvalue weighted by Crippen LogP contribution is 2.30. The lowest BCUT2D eigenvalue weighted by molar-refractivity contribution is 0.370. The van der Waals surface area contributed by atoms with Crippen LogP contribution in [0.1, 0.15) is 61.4 Å². The molecule has 0 bridgehead atoms. The number of aryl methyl sites for hydroxylation is 1. The largest absolute Gasteiger partial charge is 0.350 e. The van der Waals surface area contributed by atoms with Crippen LogP contribution in [0.5, 0.6) is 0 Å². The Bertz CT molecular complexity index is 1070. The average Bonchev–Trinajstić information content (AvgIpc) is 3.24. The summed E-state index contributed by atoms with van der Waals surface area (Å²) >= 11 is 0. The monoisotopic (exact) mass is 423 g/mol. The van der Waals surface area contributed by atoms with Crippen LogP contribution in [0.25, 0.3) is 16.8 Å². The van der Waals surface area contributed by atoms with Crippen LogP contribution in [0.2, 0.25) is 0 Å². The van der Waals surface area contributed by atoms with Gasteiger partial charge in [-0.2, -0.15) is 0 Å². The van der Waals surface area contributed by atoms with Gasteiger partial charge >= 0.3 is 0 Å². The van der Waals surface area contributed by atoms with Gasteiger partial charge in [0.1, 0.15) is 0 Å². The van der Waals surface area contributed by atoms with Crippen molar-refractivity contribution in [2.75, 3.05) is 12.4 Å². The van der Waals surface area contributed by atoms with Crippen molar-refractivity contribution in [1.29, 1.82) is 0 Å². The minimum atomic E-state index is 0. The second-order valence-corrected chi connectivity index (χ2v) is 8.13. The minimum absolute atomic E-state index is 0. The summed E-state index contributed by atoms with van der Waals surface area (Å²) < 4.78 is 1.90. The molecule has 5 rings (SSSR count). The Morgan fingerprint density at radius 3 is 2.58 bits per heavy atom. The fourth-order valence-corrected chi connectivity index (χ4v) is 4.38. The maximum absolute atomic E-state index is 4.87. The van der Waals surface area contributed by atoms with Crippen molar-refractivity contribution in [2.24, 2.45) is 4.99 Å². The number of aliphatic imine (C=N–C) groups is 1. The number of pyridine rings is 1. The molecular formula is C24H37N7. The highest BCUT2D eigenvalue weighted by molar-refractivity contribution is 5.87. The van der Waals surface area contributed by atoms with Crippen LogP contribution in [0.4, 0.5) is 11.6 Å². The topological polar surface area (TPSA) is 79.5 Å². The van der Waals surface area contributed by atoms with Crippen molar-refractivity contribution < 1.29 is 2.85 Å². The third kappa shape index (κ3) is 4.61. The summed E-state index contributed by atoms with van der Waals surface area (Å²) in [6, 6.07) is 7.27. The van der Waals surface area contributed by atoms with E-state index in [9.17, 15) is 0 Å². The van der Waals surface area contributed by atoms with E-state index >= 15 is 0 Å². The van der Waals surface area contributed by atoms with Crippen molar-refractivity contribution >= 4 is 22.9 Å². The van der Waals surface area contributed by atoms with Gasteiger partial charge in [0.15, 0.2) is 0 Å². The van der Waals surface area contributed by atoms with Crippen molar-refractivity contribution in [3.05, 3.63) is 36.3 Å². The molecule has 168 valence electrons. The molecule has 1 saturated carbocycles.